The Morgan fingerprint density at radius 3 is 2.69 bits per heavy atom. The van der Waals surface area contributed by atoms with Crippen molar-refractivity contribution in [1.82, 2.24) is 19.7 Å². The molecule has 4 N–H and O–H groups in total. The first-order valence-electron chi connectivity index (χ1n) is 8.61. The topological polar surface area (TPSA) is 136 Å². The van der Waals surface area contributed by atoms with Gasteiger partial charge in [-0.05, 0) is 32.4 Å². The van der Waals surface area contributed by atoms with Crippen LogP contribution in [0.2, 0.25) is 0 Å². The molecule has 0 aliphatic heterocycles. The van der Waals surface area contributed by atoms with Crippen molar-refractivity contribution in [3.05, 3.63) is 48.2 Å². The van der Waals surface area contributed by atoms with E-state index in [2.05, 4.69) is 20.4 Å². The van der Waals surface area contributed by atoms with Gasteiger partial charge in [-0.1, -0.05) is 12.1 Å². The summed E-state index contributed by atoms with van der Waals surface area (Å²) in [5.74, 6) is -0.675. The van der Waals surface area contributed by atoms with Gasteiger partial charge in [0.2, 0.25) is 16.0 Å². The number of benzene rings is 1. The molecule has 29 heavy (non-hydrogen) atoms. The maximum Gasteiger partial charge on any atom is 0.240 e. The van der Waals surface area contributed by atoms with E-state index in [4.69, 9.17) is 5.14 Å². The first kappa shape index (κ1) is 20.8. The molecular weight excluding hydrogens is 399 g/mol. The van der Waals surface area contributed by atoms with Crippen LogP contribution in [0.1, 0.15) is 19.4 Å². The van der Waals surface area contributed by atoms with E-state index in [9.17, 15) is 17.9 Å². The Balaban J connectivity index is 1.98. The Morgan fingerprint density at radius 2 is 2.03 bits per heavy atom. The fourth-order valence-electron chi connectivity index (χ4n) is 2.75. The van der Waals surface area contributed by atoms with E-state index in [-0.39, 0.29) is 28.8 Å². The number of aryl methyl sites for hydroxylation is 1. The van der Waals surface area contributed by atoms with Crippen LogP contribution in [0.5, 0.6) is 0 Å². The lowest BCUT2D eigenvalue weighted by molar-refractivity contribution is 0.0577. The van der Waals surface area contributed by atoms with Crippen molar-refractivity contribution in [3.63, 3.8) is 0 Å². The predicted octanol–water partition coefficient (Wildman–Crippen LogP) is 1.95. The highest BCUT2D eigenvalue weighted by Crippen LogP contribution is 2.28. The number of aliphatic hydroxyl groups is 1. The summed E-state index contributed by atoms with van der Waals surface area (Å²) in [4.78, 5) is 7.93. The highest BCUT2D eigenvalue weighted by Gasteiger charge is 2.19. The lowest BCUT2D eigenvalue weighted by Crippen LogP contribution is -2.26. The first-order chi connectivity index (χ1) is 13.4. The van der Waals surface area contributed by atoms with Crippen LogP contribution >= 0.6 is 0 Å². The van der Waals surface area contributed by atoms with Gasteiger partial charge in [0.1, 0.15) is 10.6 Å². The monoisotopic (exact) mass is 420 g/mol. The summed E-state index contributed by atoms with van der Waals surface area (Å²) in [6, 6.07) is 4.62. The minimum atomic E-state index is -3.99. The Hall–Kier alpha value is -2.89. The number of hydrogen-bond acceptors (Lipinski definition) is 7. The average Bonchev–Trinajstić information content (AvgIpc) is 3.03. The number of nitrogens with zero attached hydrogens (tertiary/aromatic N) is 4. The summed E-state index contributed by atoms with van der Waals surface area (Å²) in [7, 11) is -3.99. The van der Waals surface area contributed by atoms with E-state index in [1.165, 1.54) is 16.9 Å². The van der Waals surface area contributed by atoms with Gasteiger partial charge >= 0.3 is 0 Å². The van der Waals surface area contributed by atoms with E-state index in [0.717, 1.165) is 6.20 Å². The number of nitrogens with one attached hydrogen (secondary N) is 1. The van der Waals surface area contributed by atoms with Crippen molar-refractivity contribution in [2.45, 2.75) is 37.8 Å². The van der Waals surface area contributed by atoms with E-state index >= 15 is 0 Å². The lowest BCUT2D eigenvalue weighted by atomic mass is 10.1. The molecule has 154 valence electrons. The molecule has 0 aliphatic rings. The van der Waals surface area contributed by atoms with Crippen LogP contribution in [0.25, 0.3) is 11.3 Å². The summed E-state index contributed by atoms with van der Waals surface area (Å²) < 4.78 is 39.5. The number of rotatable bonds is 6. The predicted molar refractivity (Wildman–Crippen MR) is 105 cm³/mol. The Labute approximate surface area is 167 Å². The molecule has 0 saturated carbocycles. The maximum atomic E-state index is 14.3. The largest absolute Gasteiger partial charge is 0.389 e. The second kappa shape index (κ2) is 7.50. The van der Waals surface area contributed by atoms with Crippen LogP contribution in [-0.2, 0) is 16.6 Å². The van der Waals surface area contributed by atoms with Crippen LogP contribution in [0, 0.1) is 12.7 Å². The molecule has 1 aromatic carbocycles. The molecule has 0 atom stereocenters. The number of nitrogens with two attached hydrogens (primary N) is 1. The Kier molecular flexibility index (Phi) is 5.39. The van der Waals surface area contributed by atoms with Gasteiger partial charge in [-0.25, -0.2) is 27.9 Å². The van der Waals surface area contributed by atoms with Crippen molar-refractivity contribution in [3.8, 4) is 11.3 Å². The van der Waals surface area contributed by atoms with Gasteiger partial charge in [-0.15, -0.1) is 0 Å². The second-order valence-electron chi connectivity index (χ2n) is 7.25. The smallest absolute Gasteiger partial charge is 0.240 e. The van der Waals surface area contributed by atoms with E-state index < -0.39 is 21.4 Å². The highest BCUT2D eigenvalue weighted by molar-refractivity contribution is 7.89. The van der Waals surface area contributed by atoms with Crippen LogP contribution in [0.15, 0.2) is 41.7 Å². The second-order valence-corrected chi connectivity index (χ2v) is 8.78. The molecule has 0 radical (unpaired) electrons. The van der Waals surface area contributed by atoms with Gasteiger partial charge < -0.3 is 10.4 Å². The van der Waals surface area contributed by atoms with Gasteiger partial charge in [0.05, 0.1) is 30.2 Å². The van der Waals surface area contributed by atoms with Gasteiger partial charge in [-0.2, -0.15) is 5.10 Å². The van der Waals surface area contributed by atoms with Crippen molar-refractivity contribution in [1.29, 1.82) is 0 Å². The minimum absolute atomic E-state index is 0.00385. The number of halogens is 1. The van der Waals surface area contributed by atoms with Crippen molar-refractivity contribution < 1.29 is 17.9 Å². The van der Waals surface area contributed by atoms with Crippen LogP contribution in [0.3, 0.4) is 0 Å². The quantitative estimate of drug-likeness (QED) is 0.554. The molecule has 3 rings (SSSR count). The molecule has 0 fully saturated rings. The average molecular weight is 420 g/mol. The summed E-state index contributed by atoms with van der Waals surface area (Å²) in [5.41, 5.74) is 0.188. The third kappa shape index (κ3) is 4.94. The summed E-state index contributed by atoms with van der Waals surface area (Å²) in [5, 5.41) is 22.1. The van der Waals surface area contributed by atoms with Crippen LogP contribution in [-0.4, -0.2) is 38.9 Å². The maximum absolute atomic E-state index is 14.3. The molecule has 0 spiro atoms. The molecule has 2 heterocycles. The molecule has 0 aliphatic carbocycles. The van der Waals surface area contributed by atoms with Crippen LogP contribution in [0.4, 0.5) is 16.0 Å². The highest BCUT2D eigenvalue weighted by atomic mass is 32.2. The summed E-state index contributed by atoms with van der Waals surface area (Å²) in [6.07, 6.45) is 3.95. The normalized spacial score (nSPS) is 12.2. The van der Waals surface area contributed by atoms with Crippen molar-refractivity contribution in [2.24, 2.45) is 5.14 Å². The van der Waals surface area contributed by atoms with E-state index in [1.807, 2.05) is 0 Å². The van der Waals surface area contributed by atoms with Gasteiger partial charge in [0.15, 0.2) is 5.82 Å². The Bertz CT molecular complexity index is 1150. The van der Waals surface area contributed by atoms with E-state index in [0.29, 0.717) is 11.1 Å². The fraction of sp³-hybridized carbons (Fsp3) is 0.278. The molecule has 0 amide bonds. The van der Waals surface area contributed by atoms with Crippen LogP contribution < -0.4 is 10.5 Å². The molecule has 2 aromatic heterocycles. The zero-order valence-corrected chi connectivity index (χ0v) is 16.9. The van der Waals surface area contributed by atoms with Gasteiger partial charge in [0.25, 0.3) is 0 Å². The molecule has 11 heteroatoms. The summed E-state index contributed by atoms with van der Waals surface area (Å²) >= 11 is 0. The number of hydrogen-bond donors (Lipinski definition) is 3. The fourth-order valence-corrected chi connectivity index (χ4v) is 3.51. The lowest BCUT2D eigenvalue weighted by Gasteiger charge is -2.16. The zero-order valence-electron chi connectivity index (χ0n) is 16.1. The van der Waals surface area contributed by atoms with Gasteiger partial charge in [-0.3, -0.25) is 4.68 Å². The first-order valence-corrected chi connectivity index (χ1v) is 10.2. The zero-order chi connectivity index (χ0) is 21.4. The third-order valence-electron chi connectivity index (χ3n) is 3.98. The third-order valence-corrected chi connectivity index (χ3v) is 4.93. The van der Waals surface area contributed by atoms with Crippen molar-refractivity contribution in [2.75, 3.05) is 5.32 Å². The number of sulfonamides is 1. The molecule has 0 saturated heterocycles. The molecule has 3 aromatic rings. The SMILES string of the molecule is Cc1cccc(S(N)(=O)=O)c1Nc1ncc(F)c(-c2cnn(CC(C)(C)O)c2)n1. The molecule has 9 nitrogen and oxygen atoms in total. The Morgan fingerprint density at radius 1 is 1.31 bits per heavy atom. The summed E-state index contributed by atoms with van der Waals surface area (Å²) in [6.45, 7) is 5.17. The van der Waals surface area contributed by atoms with Crippen molar-refractivity contribution >= 4 is 21.7 Å². The minimum Gasteiger partial charge on any atom is -0.389 e. The number of para-hydroxylation sites is 1. The number of anilines is 2. The molecular formula is C18H21FN6O3S. The standard InChI is InChI=1S/C18H21FN6O3S/c1-11-5-4-6-14(29(20,27)28)15(11)23-17-21-8-13(19)16(24-17)12-7-22-25(9-12)10-18(2,3)26/h4-9,26H,10H2,1-3H3,(H2,20,27,28)(H,21,23,24). The van der Waals surface area contributed by atoms with Gasteiger partial charge in [0, 0.05) is 11.8 Å². The number of aromatic nitrogens is 4. The molecule has 0 unspecified atom stereocenters. The molecule has 0 bridgehead atoms. The van der Waals surface area contributed by atoms with E-state index in [1.54, 1.807) is 39.1 Å². The number of primary sulfonamides is 1.